The third-order valence-corrected chi connectivity index (χ3v) is 6.63. The molecule has 0 aromatic heterocycles. The number of anilines is 2. The van der Waals surface area contributed by atoms with Crippen molar-refractivity contribution in [2.24, 2.45) is 0 Å². The minimum atomic E-state index is -0.645. The average Bonchev–Trinajstić information content (AvgIpc) is 3.02. The minimum Gasteiger partial charge on any atom is -0.350 e. The van der Waals surface area contributed by atoms with Gasteiger partial charge in [0.15, 0.2) is 0 Å². The highest BCUT2D eigenvalue weighted by Crippen LogP contribution is 2.34. The smallest absolute Gasteiger partial charge is 0.283 e. The quantitative estimate of drug-likeness (QED) is 0.609. The summed E-state index contributed by atoms with van der Waals surface area (Å²) in [7, 11) is 1.85. The van der Waals surface area contributed by atoms with Gasteiger partial charge >= 0.3 is 0 Å². The third-order valence-electron chi connectivity index (χ3n) is 5.96. The van der Waals surface area contributed by atoms with Crippen LogP contribution in [0, 0.1) is 0 Å². The highest BCUT2D eigenvalue weighted by Gasteiger charge is 2.39. The van der Waals surface area contributed by atoms with E-state index >= 15 is 0 Å². The molecule has 0 unspecified atom stereocenters. The Balaban J connectivity index is 1.48. The van der Waals surface area contributed by atoms with Gasteiger partial charge in [-0.1, -0.05) is 54.6 Å². The minimum absolute atomic E-state index is 0.0299. The number of rotatable bonds is 5. The zero-order valence-corrected chi connectivity index (χ0v) is 19.1. The molecular weight excluding hydrogens is 449 g/mol. The van der Waals surface area contributed by atoms with Crippen molar-refractivity contribution in [1.82, 2.24) is 4.90 Å². The first-order valence-corrected chi connectivity index (χ1v) is 11.3. The van der Waals surface area contributed by atoms with Crippen LogP contribution in [0.25, 0.3) is 0 Å². The second-order valence-corrected chi connectivity index (χ2v) is 8.78. The van der Waals surface area contributed by atoms with Gasteiger partial charge in [0.1, 0.15) is 10.7 Å². The Hall–Kier alpha value is -2.83. The molecule has 1 aliphatic heterocycles. The molecule has 1 N–H and O–H groups in total. The highest BCUT2D eigenvalue weighted by molar-refractivity contribution is 6.53. The molecule has 2 aromatic carbocycles. The van der Waals surface area contributed by atoms with Crippen molar-refractivity contribution in [2.45, 2.75) is 38.1 Å². The Labute approximate surface area is 196 Å². The number of imide groups is 1. The van der Waals surface area contributed by atoms with Gasteiger partial charge in [-0.3, -0.25) is 14.4 Å². The molecular formula is C24H23Cl2N3O3. The van der Waals surface area contributed by atoms with Gasteiger partial charge < -0.3 is 10.2 Å². The molecule has 0 spiro atoms. The van der Waals surface area contributed by atoms with Crippen LogP contribution >= 0.6 is 23.2 Å². The zero-order chi connectivity index (χ0) is 22.8. The maximum absolute atomic E-state index is 12.9. The van der Waals surface area contributed by atoms with Gasteiger partial charge in [0.25, 0.3) is 17.7 Å². The Morgan fingerprint density at radius 3 is 2.28 bits per heavy atom. The number of hydrogen-bond acceptors (Lipinski definition) is 4. The molecule has 8 heteroatoms. The number of carbonyl (C=O) groups excluding carboxylic acids is 3. The van der Waals surface area contributed by atoms with E-state index in [0.717, 1.165) is 30.6 Å². The van der Waals surface area contributed by atoms with Crippen molar-refractivity contribution in [2.75, 3.05) is 17.3 Å². The van der Waals surface area contributed by atoms with E-state index in [0.29, 0.717) is 11.3 Å². The second kappa shape index (κ2) is 9.35. The lowest BCUT2D eigenvalue weighted by Gasteiger charge is -2.31. The van der Waals surface area contributed by atoms with Crippen LogP contribution < -0.4 is 10.2 Å². The van der Waals surface area contributed by atoms with Gasteiger partial charge in [0.05, 0.1) is 10.7 Å². The van der Waals surface area contributed by atoms with Crippen molar-refractivity contribution in [1.29, 1.82) is 0 Å². The predicted octanol–water partition coefficient (Wildman–Crippen LogP) is 5.18. The number of halogens is 2. The fourth-order valence-electron chi connectivity index (χ4n) is 4.14. The van der Waals surface area contributed by atoms with E-state index in [-0.39, 0.29) is 33.4 Å². The van der Waals surface area contributed by atoms with Gasteiger partial charge in [0.2, 0.25) is 0 Å². The molecule has 0 saturated heterocycles. The summed E-state index contributed by atoms with van der Waals surface area (Å²) in [6.07, 6.45) is 5.60. The highest BCUT2D eigenvalue weighted by atomic mass is 35.5. The summed E-state index contributed by atoms with van der Waals surface area (Å²) in [4.78, 5) is 41.1. The van der Waals surface area contributed by atoms with Gasteiger partial charge in [-0.15, -0.1) is 0 Å². The lowest BCUT2D eigenvalue weighted by molar-refractivity contribution is -0.120. The van der Waals surface area contributed by atoms with E-state index in [1.807, 2.05) is 11.9 Å². The Morgan fingerprint density at radius 2 is 1.62 bits per heavy atom. The zero-order valence-electron chi connectivity index (χ0n) is 17.6. The number of nitrogens with zero attached hydrogens (tertiary/aromatic N) is 2. The lowest BCUT2D eigenvalue weighted by atomic mass is 9.94. The lowest BCUT2D eigenvalue weighted by Crippen LogP contribution is -2.38. The normalized spacial score (nSPS) is 17.2. The fraction of sp³-hybridized carbons (Fsp3) is 0.292. The van der Waals surface area contributed by atoms with Crippen molar-refractivity contribution < 1.29 is 14.4 Å². The predicted molar refractivity (Wildman–Crippen MR) is 126 cm³/mol. The number of para-hydroxylation sites is 1. The number of nitrogens with one attached hydrogen (secondary N) is 1. The van der Waals surface area contributed by atoms with Crippen molar-refractivity contribution in [3.8, 4) is 0 Å². The van der Waals surface area contributed by atoms with Crippen LogP contribution in [0.5, 0.6) is 0 Å². The number of hydrogen-bond donors (Lipinski definition) is 1. The largest absolute Gasteiger partial charge is 0.350 e. The van der Waals surface area contributed by atoms with E-state index in [2.05, 4.69) is 5.32 Å². The molecule has 6 nitrogen and oxygen atoms in total. The molecule has 0 atom stereocenters. The topological polar surface area (TPSA) is 69.7 Å². The number of benzene rings is 2. The third kappa shape index (κ3) is 4.25. The van der Waals surface area contributed by atoms with Crippen LogP contribution in [-0.4, -0.2) is 35.7 Å². The Kier molecular flexibility index (Phi) is 6.53. The maximum Gasteiger partial charge on any atom is 0.283 e. The van der Waals surface area contributed by atoms with Crippen LogP contribution in [0.15, 0.2) is 59.3 Å². The molecule has 1 aliphatic carbocycles. The summed E-state index contributed by atoms with van der Waals surface area (Å²) in [5.74, 6) is -1.27. The summed E-state index contributed by atoms with van der Waals surface area (Å²) in [6.45, 7) is 0. The molecule has 2 aliphatic rings. The molecule has 3 amide bonds. The van der Waals surface area contributed by atoms with E-state index in [1.54, 1.807) is 48.5 Å². The molecule has 166 valence electrons. The summed E-state index contributed by atoms with van der Waals surface area (Å²) >= 11 is 12.3. The summed E-state index contributed by atoms with van der Waals surface area (Å²) in [6, 6.07) is 13.6. The summed E-state index contributed by atoms with van der Waals surface area (Å²) in [5, 5.41) is 2.97. The molecule has 2 aromatic rings. The number of amides is 3. The Bertz CT molecular complexity index is 1090. The van der Waals surface area contributed by atoms with Crippen molar-refractivity contribution in [3.63, 3.8) is 0 Å². The van der Waals surface area contributed by atoms with Gasteiger partial charge in [-0.05, 0) is 49.2 Å². The van der Waals surface area contributed by atoms with Crippen molar-refractivity contribution >= 4 is 52.3 Å². The van der Waals surface area contributed by atoms with E-state index in [4.69, 9.17) is 23.2 Å². The molecule has 1 saturated carbocycles. The molecule has 4 rings (SSSR count). The average molecular weight is 472 g/mol. The van der Waals surface area contributed by atoms with Gasteiger partial charge in [-0.2, -0.15) is 0 Å². The molecule has 1 heterocycles. The monoisotopic (exact) mass is 471 g/mol. The van der Waals surface area contributed by atoms with Crippen LogP contribution in [0.2, 0.25) is 5.02 Å². The van der Waals surface area contributed by atoms with E-state index in [1.165, 1.54) is 6.42 Å². The first-order valence-electron chi connectivity index (χ1n) is 10.6. The van der Waals surface area contributed by atoms with Crippen LogP contribution in [0.3, 0.4) is 0 Å². The van der Waals surface area contributed by atoms with Crippen molar-refractivity contribution in [3.05, 3.63) is 69.8 Å². The first-order chi connectivity index (χ1) is 15.4. The van der Waals surface area contributed by atoms with Crippen LogP contribution in [-0.2, 0) is 9.59 Å². The second-order valence-electron chi connectivity index (χ2n) is 8.00. The van der Waals surface area contributed by atoms with E-state index in [9.17, 15) is 14.4 Å². The van der Waals surface area contributed by atoms with Crippen LogP contribution in [0.4, 0.5) is 11.4 Å². The first kappa shape index (κ1) is 22.4. The molecule has 32 heavy (non-hydrogen) atoms. The van der Waals surface area contributed by atoms with Crippen LogP contribution in [0.1, 0.15) is 42.5 Å². The maximum atomic E-state index is 12.9. The molecule has 1 fully saturated rings. The Morgan fingerprint density at radius 1 is 0.969 bits per heavy atom. The van der Waals surface area contributed by atoms with E-state index < -0.39 is 11.8 Å². The molecule has 0 radical (unpaired) electrons. The molecule has 0 bridgehead atoms. The summed E-state index contributed by atoms with van der Waals surface area (Å²) < 4.78 is 0. The van der Waals surface area contributed by atoms with Gasteiger partial charge in [0, 0.05) is 24.3 Å². The number of carbonyl (C=O) groups is 3. The summed E-state index contributed by atoms with van der Waals surface area (Å²) in [5.41, 5.74) is 1.34. The van der Waals surface area contributed by atoms with Gasteiger partial charge in [-0.25, -0.2) is 4.90 Å². The SMILES string of the molecule is CN(C(=O)c1ccc(NC2=C(Cl)C(=O)N(c3ccccc3Cl)C2=O)cc1)C1CCCCC1. The fourth-order valence-corrected chi connectivity index (χ4v) is 4.57. The standard InChI is InChI=1S/C24H23Cl2N3O3/c1-28(17-7-3-2-4-8-17)22(30)15-11-13-16(14-12-15)27-21-20(26)23(31)29(24(21)32)19-10-6-5-9-18(19)25/h5-6,9-14,17,27H,2-4,7-8H2,1H3.